The van der Waals surface area contributed by atoms with Gasteiger partial charge in [0.05, 0.1) is 12.7 Å². The minimum absolute atomic E-state index is 0.276. The van der Waals surface area contributed by atoms with E-state index in [1.54, 1.807) is 19.1 Å². The van der Waals surface area contributed by atoms with Crippen molar-refractivity contribution in [3.63, 3.8) is 0 Å². The monoisotopic (exact) mass is 310 g/mol. The molecule has 2 aromatic carbocycles. The van der Waals surface area contributed by atoms with Gasteiger partial charge in [-0.25, -0.2) is 9.18 Å². The van der Waals surface area contributed by atoms with E-state index < -0.39 is 5.97 Å². The van der Waals surface area contributed by atoms with E-state index in [1.165, 1.54) is 18.2 Å². The maximum atomic E-state index is 13.5. The van der Waals surface area contributed by atoms with Crippen molar-refractivity contribution in [1.29, 1.82) is 0 Å². The predicted octanol–water partition coefficient (Wildman–Crippen LogP) is 4.21. The number of hydrogen-bond acceptors (Lipinski definition) is 3. The van der Waals surface area contributed by atoms with Crippen molar-refractivity contribution < 1.29 is 18.7 Å². The second kappa shape index (κ2) is 6.48. The number of esters is 1. The third-order valence-corrected chi connectivity index (χ3v) is 3.38. The summed E-state index contributed by atoms with van der Waals surface area (Å²) in [6.07, 6.45) is 3.16. The highest BCUT2D eigenvalue weighted by atomic mass is 19.1. The number of carbonyl (C=O) groups excluding carboxylic acids is 1. The number of fused-ring (bicyclic) bond motifs is 1. The quantitative estimate of drug-likeness (QED) is 0.629. The number of hydrogen-bond donors (Lipinski definition) is 0. The minimum Gasteiger partial charge on any atom is -0.463 e. The molecule has 0 saturated carbocycles. The summed E-state index contributed by atoms with van der Waals surface area (Å²) in [7, 11) is 0. The molecule has 116 valence electrons. The van der Waals surface area contributed by atoms with Crippen LogP contribution in [0.25, 0.3) is 11.6 Å². The van der Waals surface area contributed by atoms with Crippen LogP contribution >= 0.6 is 0 Å². The molecule has 0 radical (unpaired) electrons. The number of benzene rings is 2. The van der Waals surface area contributed by atoms with E-state index in [4.69, 9.17) is 9.47 Å². The van der Waals surface area contributed by atoms with E-state index in [0.717, 1.165) is 5.56 Å². The van der Waals surface area contributed by atoms with Crippen LogP contribution in [0.15, 0.2) is 60.4 Å². The number of ether oxygens (including phenoxy) is 2. The molecule has 0 spiro atoms. The zero-order chi connectivity index (χ0) is 16.2. The van der Waals surface area contributed by atoms with Crippen LogP contribution in [-0.2, 0) is 9.53 Å². The molecule has 0 atom stereocenters. The Morgan fingerprint density at radius 2 is 2.04 bits per heavy atom. The fraction of sp³-hybridized carbons (Fsp3) is 0.105. The smallest absolute Gasteiger partial charge is 0.334 e. The number of rotatable bonds is 3. The van der Waals surface area contributed by atoms with Crippen molar-refractivity contribution in [2.45, 2.75) is 6.92 Å². The molecular formula is C19H15FO3. The Morgan fingerprint density at radius 1 is 1.22 bits per heavy atom. The number of para-hydroxylation sites is 1. The van der Waals surface area contributed by atoms with Crippen LogP contribution in [0.4, 0.5) is 4.39 Å². The van der Waals surface area contributed by atoms with Gasteiger partial charge in [0.25, 0.3) is 0 Å². The van der Waals surface area contributed by atoms with E-state index in [1.807, 2.05) is 30.3 Å². The lowest BCUT2D eigenvalue weighted by molar-refractivity contribution is -0.137. The standard InChI is InChI=1S/C19H15FO3/c1-2-22-19(21)12-18-16(13-7-5-8-15(20)10-13)11-14-6-3-4-9-17(14)23-18/h3-12H,2H2,1H3/b18-12-. The van der Waals surface area contributed by atoms with Gasteiger partial charge in [0.2, 0.25) is 0 Å². The van der Waals surface area contributed by atoms with Crippen molar-refractivity contribution in [3.05, 3.63) is 77.3 Å². The van der Waals surface area contributed by atoms with Crippen LogP contribution in [0.1, 0.15) is 18.1 Å². The van der Waals surface area contributed by atoms with E-state index in [2.05, 4.69) is 0 Å². The zero-order valence-corrected chi connectivity index (χ0v) is 12.6. The molecule has 0 bridgehead atoms. The van der Waals surface area contributed by atoms with Gasteiger partial charge < -0.3 is 9.47 Å². The Hall–Kier alpha value is -2.88. The van der Waals surface area contributed by atoms with Crippen LogP contribution in [0.3, 0.4) is 0 Å². The van der Waals surface area contributed by atoms with E-state index in [-0.39, 0.29) is 12.4 Å². The molecule has 3 nitrogen and oxygen atoms in total. The molecule has 1 aliphatic rings. The predicted molar refractivity (Wildman–Crippen MR) is 86.1 cm³/mol. The number of halogens is 1. The molecule has 0 N–H and O–H groups in total. The van der Waals surface area contributed by atoms with Crippen molar-refractivity contribution in [3.8, 4) is 5.75 Å². The average Bonchev–Trinajstić information content (AvgIpc) is 2.54. The Labute approximate surface area is 133 Å². The van der Waals surface area contributed by atoms with Crippen LogP contribution in [0.2, 0.25) is 0 Å². The van der Waals surface area contributed by atoms with Crippen LogP contribution in [0.5, 0.6) is 5.75 Å². The first-order valence-corrected chi connectivity index (χ1v) is 7.30. The summed E-state index contributed by atoms with van der Waals surface area (Å²) in [6.45, 7) is 2.01. The third-order valence-electron chi connectivity index (χ3n) is 3.38. The highest BCUT2D eigenvalue weighted by Crippen LogP contribution is 2.36. The van der Waals surface area contributed by atoms with Crippen molar-refractivity contribution in [2.24, 2.45) is 0 Å². The molecule has 23 heavy (non-hydrogen) atoms. The summed E-state index contributed by atoms with van der Waals surface area (Å²) in [5.74, 6) is 0.137. The van der Waals surface area contributed by atoms with Crippen LogP contribution < -0.4 is 4.74 Å². The highest BCUT2D eigenvalue weighted by Gasteiger charge is 2.20. The Kier molecular flexibility index (Phi) is 4.24. The van der Waals surface area contributed by atoms with Crippen molar-refractivity contribution in [2.75, 3.05) is 6.61 Å². The molecule has 0 saturated heterocycles. The van der Waals surface area contributed by atoms with Crippen molar-refractivity contribution >= 4 is 17.6 Å². The summed E-state index contributed by atoms with van der Waals surface area (Å²) in [4.78, 5) is 11.8. The second-order valence-electron chi connectivity index (χ2n) is 4.97. The molecule has 2 aromatic rings. The van der Waals surface area contributed by atoms with Crippen LogP contribution in [-0.4, -0.2) is 12.6 Å². The zero-order valence-electron chi connectivity index (χ0n) is 12.6. The molecule has 0 aromatic heterocycles. The van der Waals surface area contributed by atoms with E-state index in [0.29, 0.717) is 22.6 Å². The molecule has 0 aliphatic carbocycles. The van der Waals surface area contributed by atoms with Gasteiger partial charge >= 0.3 is 5.97 Å². The number of carbonyl (C=O) groups is 1. The van der Waals surface area contributed by atoms with Gasteiger partial charge in [0.1, 0.15) is 17.3 Å². The second-order valence-corrected chi connectivity index (χ2v) is 4.97. The molecule has 0 fully saturated rings. The van der Waals surface area contributed by atoms with Crippen molar-refractivity contribution in [1.82, 2.24) is 0 Å². The van der Waals surface area contributed by atoms with Gasteiger partial charge in [0, 0.05) is 11.1 Å². The fourth-order valence-electron chi connectivity index (χ4n) is 2.37. The maximum Gasteiger partial charge on any atom is 0.334 e. The topological polar surface area (TPSA) is 35.5 Å². The van der Waals surface area contributed by atoms with Gasteiger partial charge in [0.15, 0.2) is 0 Å². The van der Waals surface area contributed by atoms with Gasteiger partial charge in [-0.2, -0.15) is 0 Å². The Bertz CT molecular complexity index is 806. The molecule has 0 unspecified atom stereocenters. The lowest BCUT2D eigenvalue weighted by Crippen LogP contribution is -2.09. The van der Waals surface area contributed by atoms with Gasteiger partial charge in [-0.3, -0.25) is 0 Å². The normalized spacial score (nSPS) is 14.7. The summed E-state index contributed by atoms with van der Waals surface area (Å²) >= 11 is 0. The first kappa shape index (κ1) is 15.0. The van der Waals surface area contributed by atoms with Gasteiger partial charge in [-0.1, -0.05) is 30.3 Å². The largest absolute Gasteiger partial charge is 0.463 e. The molecule has 1 heterocycles. The molecule has 0 amide bonds. The summed E-state index contributed by atoms with van der Waals surface area (Å²) < 4.78 is 24.3. The first-order chi connectivity index (χ1) is 11.2. The fourth-order valence-corrected chi connectivity index (χ4v) is 2.37. The SMILES string of the molecule is CCOC(=O)/C=C1\Oc2ccccc2C=C1c1cccc(F)c1. The van der Waals surface area contributed by atoms with Gasteiger partial charge in [-0.15, -0.1) is 0 Å². The maximum absolute atomic E-state index is 13.5. The lowest BCUT2D eigenvalue weighted by Gasteiger charge is -2.20. The third kappa shape index (κ3) is 3.31. The molecular weight excluding hydrogens is 295 g/mol. The molecule has 3 rings (SSSR count). The van der Waals surface area contributed by atoms with E-state index in [9.17, 15) is 9.18 Å². The summed E-state index contributed by atoms with van der Waals surface area (Å²) in [5.41, 5.74) is 2.14. The van der Waals surface area contributed by atoms with E-state index >= 15 is 0 Å². The Morgan fingerprint density at radius 3 is 2.83 bits per heavy atom. The lowest BCUT2D eigenvalue weighted by atomic mass is 9.98. The van der Waals surface area contributed by atoms with Gasteiger partial charge in [-0.05, 0) is 36.8 Å². The molecule has 1 aliphatic heterocycles. The minimum atomic E-state index is -0.496. The average molecular weight is 310 g/mol. The van der Waals surface area contributed by atoms with Crippen LogP contribution in [0, 0.1) is 5.82 Å². The first-order valence-electron chi connectivity index (χ1n) is 7.30. The highest BCUT2D eigenvalue weighted by molar-refractivity contribution is 5.97. The number of allylic oxidation sites excluding steroid dienone is 1. The Balaban J connectivity index is 2.10. The summed E-state index contributed by atoms with van der Waals surface area (Å²) in [6, 6.07) is 13.6. The summed E-state index contributed by atoms with van der Waals surface area (Å²) in [5, 5.41) is 0. The molecule has 4 heteroatoms.